The molecule has 0 saturated heterocycles. The van der Waals surface area contributed by atoms with Gasteiger partial charge >= 0.3 is 5.97 Å². The molecule has 0 spiro atoms. The van der Waals surface area contributed by atoms with Gasteiger partial charge in [-0.3, -0.25) is 4.79 Å². The van der Waals surface area contributed by atoms with Crippen molar-refractivity contribution in [2.75, 3.05) is 11.5 Å². The van der Waals surface area contributed by atoms with Gasteiger partial charge in [-0.15, -0.1) is 0 Å². The van der Waals surface area contributed by atoms with Crippen molar-refractivity contribution in [1.82, 2.24) is 0 Å². The Morgan fingerprint density at radius 3 is 2.62 bits per heavy atom. The van der Waals surface area contributed by atoms with Crippen LogP contribution in [-0.4, -0.2) is 28.1 Å². The van der Waals surface area contributed by atoms with Crippen molar-refractivity contribution in [2.45, 2.75) is 38.6 Å². The molecule has 13 heavy (non-hydrogen) atoms. The Morgan fingerprint density at radius 1 is 1.54 bits per heavy atom. The first-order chi connectivity index (χ1) is 6.00. The molecule has 0 aromatic heterocycles. The zero-order chi connectivity index (χ0) is 10.3. The van der Waals surface area contributed by atoms with Crippen molar-refractivity contribution in [3.8, 4) is 0 Å². The second kappa shape index (κ2) is 6.27. The Labute approximate surface area is 84.1 Å². The Morgan fingerprint density at radius 2 is 2.15 bits per heavy atom. The molecule has 78 valence electrons. The predicted molar refractivity (Wildman–Crippen MR) is 57.1 cm³/mol. The highest BCUT2D eigenvalue weighted by molar-refractivity contribution is 7.99. The average Bonchev–Trinajstić information content (AvgIpc) is 2.03. The molecule has 0 aromatic rings. The normalized spacial score (nSPS) is 15.3. The fourth-order valence-corrected chi connectivity index (χ4v) is 1.90. The van der Waals surface area contributed by atoms with Gasteiger partial charge in [0.15, 0.2) is 0 Å². The second-order valence-electron chi connectivity index (χ2n) is 3.48. The molecule has 0 fully saturated rings. The molecule has 0 saturated carbocycles. The van der Waals surface area contributed by atoms with Gasteiger partial charge in [-0.1, -0.05) is 19.8 Å². The molecule has 0 amide bonds. The molecule has 0 heterocycles. The highest BCUT2D eigenvalue weighted by Gasteiger charge is 2.27. The number of carbonyl (C=O) groups is 1. The number of unbranched alkanes of at least 4 members (excludes halogenated alkanes) is 2. The number of thioether (sulfide) groups is 1. The maximum absolute atomic E-state index is 10.6. The molecule has 0 aliphatic rings. The molecule has 1 atom stereocenters. The zero-order valence-corrected chi connectivity index (χ0v) is 9.19. The lowest BCUT2D eigenvalue weighted by atomic mass is 10.1. The van der Waals surface area contributed by atoms with E-state index in [0.29, 0.717) is 5.75 Å². The van der Waals surface area contributed by atoms with E-state index in [1.807, 2.05) is 0 Å². The fraction of sp³-hybridized carbons (Fsp3) is 0.889. The molecule has 0 aromatic carbocycles. The zero-order valence-electron chi connectivity index (χ0n) is 8.38. The van der Waals surface area contributed by atoms with Crippen LogP contribution in [0.15, 0.2) is 0 Å². The molecule has 3 N–H and O–H groups in total. The fourth-order valence-electron chi connectivity index (χ4n) is 0.800. The van der Waals surface area contributed by atoms with Crippen molar-refractivity contribution in [2.24, 2.45) is 5.73 Å². The van der Waals surface area contributed by atoms with Crippen LogP contribution in [-0.2, 0) is 4.79 Å². The highest BCUT2D eigenvalue weighted by Crippen LogP contribution is 2.13. The second-order valence-corrected chi connectivity index (χ2v) is 4.59. The molecule has 4 heteroatoms. The summed E-state index contributed by atoms with van der Waals surface area (Å²) in [6.07, 6.45) is 3.55. The van der Waals surface area contributed by atoms with Crippen molar-refractivity contribution in [3.05, 3.63) is 0 Å². The van der Waals surface area contributed by atoms with Crippen LogP contribution in [0.25, 0.3) is 0 Å². The number of rotatable bonds is 7. The highest BCUT2D eigenvalue weighted by atomic mass is 32.2. The summed E-state index contributed by atoms with van der Waals surface area (Å²) < 4.78 is 0. The van der Waals surface area contributed by atoms with E-state index < -0.39 is 11.5 Å². The molecule has 0 bridgehead atoms. The summed E-state index contributed by atoms with van der Waals surface area (Å²) in [5, 5.41) is 8.71. The minimum atomic E-state index is -1.07. The summed E-state index contributed by atoms with van der Waals surface area (Å²) >= 11 is 1.62. The van der Waals surface area contributed by atoms with Crippen LogP contribution >= 0.6 is 11.8 Å². The number of aliphatic carboxylic acids is 1. The van der Waals surface area contributed by atoms with Gasteiger partial charge in [0.05, 0.1) is 0 Å². The quantitative estimate of drug-likeness (QED) is 0.621. The molecule has 3 nitrogen and oxygen atoms in total. The van der Waals surface area contributed by atoms with Gasteiger partial charge in [-0.2, -0.15) is 11.8 Å². The summed E-state index contributed by atoms with van der Waals surface area (Å²) in [4.78, 5) is 10.6. The maximum atomic E-state index is 10.6. The average molecular weight is 205 g/mol. The van der Waals surface area contributed by atoms with E-state index in [4.69, 9.17) is 10.8 Å². The summed E-state index contributed by atoms with van der Waals surface area (Å²) in [6.45, 7) is 3.71. The summed E-state index contributed by atoms with van der Waals surface area (Å²) in [6, 6.07) is 0. The monoisotopic (exact) mass is 205 g/mol. The SMILES string of the molecule is CCCCCSC[C@](C)(N)C(=O)O. The molecular formula is C9H19NO2S. The minimum Gasteiger partial charge on any atom is -0.480 e. The molecule has 0 aliphatic carbocycles. The van der Waals surface area contributed by atoms with Gasteiger partial charge in [0.1, 0.15) is 5.54 Å². The largest absolute Gasteiger partial charge is 0.480 e. The molecule has 0 unspecified atom stereocenters. The van der Waals surface area contributed by atoms with Crippen LogP contribution in [0.2, 0.25) is 0 Å². The van der Waals surface area contributed by atoms with Crippen LogP contribution in [0.1, 0.15) is 33.1 Å². The predicted octanol–water partition coefficient (Wildman–Crippen LogP) is 1.71. The van der Waals surface area contributed by atoms with Crippen LogP contribution in [0.4, 0.5) is 0 Å². The van der Waals surface area contributed by atoms with E-state index in [0.717, 1.165) is 12.2 Å². The van der Waals surface area contributed by atoms with Crippen LogP contribution in [0.5, 0.6) is 0 Å². The van der Waals surface area contributed by atoms with Crippen LogP contribution in [0.3, 0.4) is 0 Å². The van der Waals surface area contributed by atoms with Gasteiger partial charge < -0.3 is 10.8 Å². The Balaban J connectivity index is 3.46. The Kier molecular flexibility index (Phi) is 6.16. The number of hydrogen-bond acceptors (Lipinski definition) is 3. The van der Waals surface area contributed by atoms with E-state index in [-0.39, 0.29) is 0 Å². The smallest absolute Gasteiger partial charge is 0.324 e. The lowest BCUT2D eigenvalue weighted by molar-refractivity contribution is -0.141. The Hall–Kier alpha value is -0.220. The third-order valence-corrected chi connectivity index (χ3v) is 3.16. The van der Waals surface area contributed by atoms with E-state index in [2.05, 4.69) is 6.92 Å². The summed E-state index contributed by atoms with van der Waals surface area (Å²) in [5.74, 6) is 0.579. The first-order valence-corrected chi connectivity index (χ1v) is 5.76. The third kappa shape index (κ3) is 5.93. The first kappa shape index (κ1) is 12.8. The van der Waals surface area contributed by atoms with Crippen molar-refractivity contribution in [3.63, 3.8) is 0 Å². The van der Waals surface area contributed by atoms with Crippen molar-refractivity contribution in [1.29, 1.82) is 0 Å². The molecule has 0 rings (SSSR count). The minimum absolute atomic E-state index is 0.492. The van der Waals surface area contributed by atoms with E-state index in [1.165, 1.54) is 12.8 Å². The van der Waals surface area contributed by atoms with Crippen molar-refractivity contribution < 1.29 is 9.90 Å². The molecule has 0 aliphatic heterocycles. The summed E-state index contributed by atoms with van der Waals surface area (Å²) in [7, 11) is 0. The maximum Gasteiger partial charge on any atom is 0.324 e. The van der Waals surface area contributed by atoms with E-state index in [9.17, 15) is 4.79 Å². The lowest BCUT2D eigenvalue weighted by Gasteiger charge is -2.18. The summed E-state index contributed by atoms with van der Waals surface area (Å²) in [5.41, 5.74) is 4.48. The molecule has 0 radical (unpaired) electrons. The number of carboxylic acids is 1. The van der Waals surface area contributed by atoms with Gasteiger partial charge in [-0.05, 0) is 19.1 Å². The topological polar surface area (TPSA) is 63.3 Å². The number of hydrogen-bond donors (Lipinski definition) is 2. The lowest BCUT2D eigenvalue weighted by Crippen LogP contribution is -2.47. The van der Waals surface area contributed by atoms with Crippen LogP contribution in [0, 0.1) is 0 Å². The van der Waals surface area contributed by atoms with Gasteiger partial charge in [-0.25, -0.2) is 0 Å². The van der Waals surface area contributed by atoms with Crippen LogP contribution < -0.4 is 5.73 Å². The van der Waals surface area contributed by atoms with Crippen molar-refractivity contribution >= 4 is 17.7 Å². The standard InChI is InChI=1S/C9H19NO2S/c1-3-4-5-6-13-7-9(2,10)8(11)12/h3-7,10H2,1-2H3,(H,11,12)/t9-/m0/s1. The molecular weight excluding hydrogens is 186 g/mol. The Bertz CT molecular complexity index is 160. The first-order valence-electron chi connectivity index (χ1n) is 4.60. The van der Waals surface area contributed by atoms with Gasteiger partial charge in [0.25, 0.3) is 0 Å². The van der Waals surface area contributed by atoms with Gasteiger partial charge in [0.2, 0.25) is 0 Å². The third-order valence-electron chi connectivity index (χ3n) is 1.78. The number of nitrogens with two attached hydrogens (primary N) is 1. The van der Waals surface area contributed by atoms with E-state index >= 15 is 0 Å². The van der Waals surface area contributed by atoms with Gasteiger partial charge in [0, 0.05) is 5.75 Å². The van der Waals surface area contributed by atoms with E-state index in [1.54, 1.807) is 18.7 Å². The number of carboxylic acid groups (broad SMARTS) is 1.